The number of nitrogens with one attached hydrogen (secondary N) is 1. The van der Waals surface area contributed by atoms with E-state index in [2.05, 4.69) is 10.4 Å². The van der Waals surface area contributed by atoms with Crippen molar-refractivity contribution >= 4 is 11.6 Å². The summed E-state index contributed by atoms with van der Waals surface area (Å²) in [6.07, 6.45) is -6.54. The predicted molar refractivity (Wildman–Crippen MR) is 61.3 cm³/mol. The van der Waals surface area contributed by atoms with Gasteiger partial charge < -0.3 is 20.5 Å². The molecular formula is C10H13F3N4O2. The van der Waals surface area contributed by atoms with Gasteiger partial charge in [-0.3, -0.25) is 0 Å². The number of aromatic nitrogens is 1. The number of rotatable bonds is 2. The van der Waals surface area contributed by atoms with E-state index in [1.165, 1.54) is 4.90 Å². The van der Waals surface area contributed by atoms with Gasteiger partial charge in [0.2, 0.25) is 0 Å². The Bertz CT molecular complexity index is 459. The molecule has 0 aromatic carbocycles. The molecule has 0 amide bonds. The molecule has 2 rings (SSSR count). The average molecular weight is 278 g/mol. The maximum Gasteiger partial charge on any atom is 0.416 e. The number of nitrogen functional groups attached to an aromatic ring is 1. The smallest absolute Gasteiger partial charge is 0.389 e. The average Bonchev–Trinajstić information content (AvgIpc) is 2.68. The van der Waals surface area contributed by atoms with E-state index in [9.17, 15) is 23.4 Å². The van der Waals surface area contributed by atoms with Crippen molar-refractivity contribution in [1.29, 1.82) is 0 Å². The monoisotopic (exact) mass is 278 g/mol. The summed E-state index contributed by atoms with van der Waals surface area (Å²) in [6, 6.07) is 1.64. The normalized spacial score (nSPS) is 23.8. The highest BCUT2D eigenvalue weighted by Crippen LogP contribution is 2.33. The zero-order valence-electron chi connectivity index (χ0n) is 9.72. The standard InChI is InChI=1S/C10H13F3N4O2/c11-10(12,13)5-1-8(16-14)15-9(2-5)17-3-6(18)7(19)4-17/h1-2,6-7,18-19H,3-4,14H2,(H,15,16). The van der Waals surface area contributed by atoms with E-state index in [1.807, 2.05) is 0 Å². The van der Waals surface area contributed by atoms with Crippen LogP contribution >= 0.6 is 0 Å². The molecule has 1 saturated heterocycles. The summed E-state index contributed by atoms with van der Waals surface area (Å²) >= 11 is 0. The minimum Gasteiger partial charge on any atom is -0.389 e. The number of nitrogens with two attached hydrogens (primary N) is 1. The van der Waals surface area contributed by atoms with E-state index < -0.39 is 23.9 Å². The van der Waals surface area contributed by atoms with Crippen molar-refractivity contribution in [2.24, 2.45) is 5.84 Å². The van der Waals surface area contributed by atoms with E-state index in [1.54, 1.807) is 0 Å². The molecule has 2 heterocycles. The molecule has 106 valence electrons. The third-order valence-corrected chi connectivity index (χ3v) is 2.87. The topological polar surface area (TPSA) is 94.6 Å². The molecule has 9 heteroatoms. The van der Waals surface area contributed by atoms with Crippen molar-refractivity contribution in [2.75, 3.05) is 23.4 Å². The zero-order chi connectivity index (χ0) is 14.2. The van der Waals surface area contributed by atoms with Crippen LogP contribution in [0.1, 0.15) is 5.56 Å². The lowest BCUT2D eigenvalue weighted by molar-refractivity contribution is -0.137. The van der Waals surface area contributed by atoms with Crippen LogP contribution < -0.4 is 16.2 Å². The molecule has 19 heavy (non-hydrogen) atoms. The van der Waals surface area contributed by atoms with Gasteiger partial charge in [0, 0.05) is 13.1 Å². The van der Waals surface area contributed by atoms with Crippen molar-refractivity contribution in [1.82, 2.24) is 4.98 Å². The molecule has 0 aliphatic carbocycles. The van der Waals surface area contributed by atoms with E-state index in [0.29, 0.717) is 0 Å². The number of pyridine rings is 1. The lowest BCUT2D eigenvalue weighted by atomic mass is 10.2. The predicted octanol–water partition coefficient (Wildman–Crippen LogP) is -0.0722. The lowest BCUT2D eigenvalue weighted by Crippen LogP contribution is -2.24. The van der Waals surface area contributed by atoms with E-state index in [-0.39, 0.29) is 24.7 Å². The summed E-state index contributed by atoms with van der Waals surface area (Å²) in [5.74, 6) is 4.95. The second-order valence-electron chi connectivity index (χ2n) is 4.28. The Kier molecular flexibility index (Phi) is 3.52. The Labute approximate surface area is 106 Å². The van der Waals surface area contributed by atoms with Gasteiger partial charge in [-0.15, -0.1) is 0 Å². The summed E-state index contributed by atoms with van der Waals surface area (Å²) < 4.78 is 38.1. The van der Waals surface area contributed by atoms with Crippen LogP contribution in [0.4, 0.5) is 24.8 Å². The molecule has 1 aliphatic rings. The summed E-state index contributed by atoms with van der Waals surface area (Å²) in [6.45, 7) is 0.0268. The van der Waals surface area contributed by atoms with Gasteiger partial charge >= 0.3 is 6.18 Å². The lowest BCUT2D eigenvalue weighted by Gasteiger charge is -2.19. The first-order valence-corrected chi connectivity index (χ1v) is 5.48. The summed E-state index contributed by atoms with van der Waals surface area (Å²) in [7, 11) is 0. The fraction of sp³-hybridized carbons (Fsp3) is 0.500. The third-order valence-electron chi connectivity index (χ3n) is 2.87. The SMILES string of the molecule is NNc1cc(C(F)(F)F)cc(N2CC(O)C(O)C2)n1. The minimum absolute atomic E-state index is 0.00150. The highest BCUT2D eigenvalue weighted by Gasteiger charge is 2.34. The van der Waals surface area contributed by atoms with Gasteiger partial charge in [0.15, 0.2) is 0 Å². The number of β-amino-alcohol motifs (C(OH)–C–C–N with tert-alkyl or cyclic N) is 2. The Hall–Kier alpha value is -1.58. The van der Waals surface area contributed by atoms with Gasteiger partial charge in [0.25, 0.3) is 0 Å². The second-order valence-corrected chi connectivity index (χ2v) is 4.28. The Morgan fingerprint density at radius 2 is 1.84 bits per heavy atom. The van der Waals surface area contributed by atoms with Crippen LogP contribution in [0.3, 0.4) is 0 Å². The van der Waals surface area contributed by atoms with E-state index in [4.69, 9.17) is 5.84 Å². The first kappa shape index (κ1) is 13.8. The maximum atomic E-state index is 12.7. The number of hydrogen-bond acceptors (Lipinski definition) is 6. The number of aliphatic hydroxyl groups is 2. The highest BCUT2D eigenvalue weighted by molar-refractivity contribution is 5.51. The molecule has 0 saturated carbocycles. The number of hydrazine groups is 1. The van der Waals surface area contributed by atoms with Gasteiger partial charge in [0.05, 0.1) is 17.8 Å². The molecule has 2 unspecified atom stereocenters. The minimum atomic E-state index is -4.53. The number of aliphatic hydroxyl groups excluding tert-OH is 2. The largest absolute Gasteiger partial charge is 0.416 e. The van der Waals surface area contributed by atoms with Crippen LogP contribution in [0.25, 0.3) is 0 Å². The van der Waals surface area contributed by atoms with Gasteiger partial charge in [-0.05, 0) is 12.1 Å². The van der Waals surface area contributed by atoms with Crippen molar-refractivity contribution < 1.29 is 23.4 Å². The molecular weight excluding hydrogens is 265 g/mol. The van der Waals surface area contributed by atoms with E-state index in [0.717, 1.165) is 12.1 Å². The Morgan fingerprint density at radius 1 is 1.26 bits per heavy atom. The first-order chi connectivity index (χ1) is 8.81. The number of halogens is 3. The van der Waals surface area contributed by atoms with Crippen molar-refractivity contribution in [3.8, 4) is 0 Å². The molecule has 1 aliphatic heterocycles. The molecule has 1 aromatic rings. The van der Waals surface area contributed by atoms with Crippen LogP contribution in [0, 0.1) is 0 Å². The van der Waals surface area contributed by atoms with Gasteiger partial charge in [-0.1, -0.05) is 0 Å². The molecule has 0 spiro atoms. The van der Waals surface area contributed by atoms with Gasteiger partial charge in [-0.2, -0.15) is 13.2 Å². The second kappa shape index (κ2) is 4.83. The van der Waals surface area contributed by atoms with Crippen molar-refractivity contribution in [3.63, 3.8) is 0 Å². The van der Waals surface area contributed by atoms with Gasteiger partial charge in [-0.25, -0.2) is 10.8 Å². The molecule has 6 nitrogen and oxygen atoms in total. The van der Waals surface area contributed by atoms with Crippen LogP contribution in [0.15, 0.2) is 12.1 Å². The quantitative estimate of drug-likeness (QED) is 0.447. The third kappa shape index (κ3) is 2.88. The summed E-state index contributed by atoms with van der Waals surface area (Å²) in [5.41, 5.74) is 1.16. The maximum absolute atomic E-state index is 12.7. The molecule has 2 atom stereocenters. The molecule has 0 radical (unpaired) electrons. The van der Waals surface area contributed by atoms with Crippen molar-refractivity contribution in [2.45, 2.75) is 18.4 Å². The van der Waals surface area contributed by atoms with E-state index >= 15 is 0 Å². The molecule has 1 aromatic heterocycles. The highest BCUT2D eigenvalue weighted by atomic mass is 19.4. The zero-order valence-corrected chi connectivity index (χ0v) is 9.72. The van der Waals surface area contributed by atoms with Gasteiger partial charge in [0.1, 0.15) is 11.6 Å². The fourth-order valence-electron chi connectivity index (χ4n) is 1.87. The fourth-order valence-corrected chi connectivity index (χ4v) is 1.87. The first-order valence-electron chi connectivity index (χ1n) is 5.48. The summed E-state index contributed by atoms with van der Waals surface area (Å²) in [5, 5.41) is 18.8. The Morgan fingerprint density at radius 3 is 2.32 bits per heavy atom. The van der Waals surface area contributed by atoms with Crippen LogP contribution in [-0.2, 0) is 6.18 Å². The van der Waals surface area contributed by atoms with Crippen molar-refractivity contribution in [3.05, 3.63) is 17.7 Å². The molecule has 5 N–H and O–H groups in total. The Balaban J connectivity index is 2.35. The molecule has 1 fully saturated rings. The molecule has 0 bridgehead atoms. The summed E-state index contributed by atoms with van der Waals surface area (Å²) in [4.78, 5) is 5.25. The number of alkyl halides is 3. The number of anilines is 2. The van der Waals surface area contributed by atoms with Crippen LogP contribution in [-0.4, -0.2) is 40.5 Å². The number of nitrogens with zero attached hydrogens (tertiary/aromatic N) is 2. The van der Waals surface area contributed by atoms with Crippen LogP contribution in [0.2, 0.25) is 0 Å². The van der Waals surface area contributed by atoms with Crippen LogP contribution in [0.5, 0.6) is 0 Å². The number of hydrogen-bond donors (Lipinski definition) is 4.